The lowest BCUT2D eigenvalue weighted by atomic mass is 10.2. The van der Waals surface area contributed by atoms with Crippen LogP contribution in [-0.2, 0) is 19.0 Å². The Bertz CT molecular complexity index is 358. The minimum absolute atomic E-state index is 0.0775. The molecule has 0 rings (SSSR count). The van der Waals surface area contributed by atoms with Gasteiger partial charge in [0.1, 0.15) is 5.60 Å². The Labute approximate surface area is 109 Å². The van der Waals surface area contributed by atoms with Gasteiger partial charge in [-0.05, 0) is 27.2 Å². The van der Waals surface area contributed by atoms with E-state index in [4.69, 9.17) is 4.74 Å². The predicted molar refractivity (Wildman–Crippen MR) is 68.9 cm³/mol. The average molecular weight is 281 g/mol. The Morgan fingerprint density at radius 1 is 1.33 bits per heavy atom. The molecule has 0 aliphatic heterocycles. The zero-order valence-electron chi connectivity index (χ0n) is 11.6. The van der Waals surface area contributed by atoms with Crippen LogP contribution in [0.25, 0.3) is 0 Å². The number of hydrogen-bond acceptors (Lipinski definition) is 5. The van der Waals surface area contributed by atoms with Gasteiger partial charge in [0.05, 0.1) is 18.9 Å². The van der Waals surface area contributed by atoms with Gasteiger partial charge in [0.25, 0.3) is 10.1 Å². The summed E-state index contributed by atoms with van der Waals surface area (Å²) in [6, 6.07) is -0.375. The van der Waals surface area contributed by atoms with Crippen LogP contribution in [0.4, 0.5) is 4.79 Å². The fourth-order valence-electron chi connectivity index (χ4n) is 1.23. The maximum Gasteiger partial charge on any atom is 0.407 e. The molecule has 0 radical (unpaired) electrons. The molecule has 0 aliphatic carbocycles. The summed E-state index contributed by atoms with van der Waals surface area (Å²) in [5.74, 6) is 0. The van der Waals surface area contributed by atoms with E-state index < -0.39 is 21.8 Å². The van der Waals surface area contributed by atoms with Crippen LogP contribution in [0.2, 0.25) is 0 Å². The normalized spacial score (nSPS) is 14.1. The van der Waals surface area contributed by atoms with Crippen LogP contribution >= 0.6 is 0 Å². The van der Waals surface area contributed by atoms with Gasteiger partial charge in [-0.1, -0.05) is 13.3 Å². The number of carbonyl (C=O) groups is 1. The SMILES string of the molecule is CCC[C@H](COS(C)(=O)=O)NC(=O)OC(C)(C)C. The van der Waals surface area contributed by atoms with E-state index in [1.165, 1.54) is 0 Å². The Kier molecular flexibility index (Phi) is 6.62. The van der Waals surface area contributed by atoms with E-state index in [9.17, 15) is 13.2 Å². The highest BCUT2D eigenvalue weighted by Gasteiger charge is 2.20. The largest absolute Gasteiger partial charge is 0.444 e. The van der Waals surface area contributed by atoms with E-state index >= 15 is 0 Å². The number of amides is 1. The van der Waals surface area contributed by atoms with Gasteiger partial charge in [-0.15, -0.1) is 0 Å². The molecule has 1 atom stereocenters. The summed E-state index contributed by atoms with van der Waals surface area (Å²) >= 11 is 0. The third kappa shape index (κ3) is 10.3. The van der Waals surface area contributed by atoms with Gasteiger partial charge >= 0.3 is 6.09 Å². The molecule has 0 aromatic rings. The molecular weight excluding hydrogens is 258 g/mol. The second-order valence-electron chi connectivity index (χ2n) is 5.12. The first-order chi connectivity index (χ1) is 8.03. The van der Waals surface area contributed by atoms with E-state index in [1.54, 1.807) is 20.8 Å². The Hall–Kier alpha value is -0.820. The first-order valence-corrected chi connectivity index (χ1v) is 7.69. The van der Waals surface area contributed by atoms with Gasteiger partial charge in [-0.25, -0.2) is 4.79 Å². The van der Waals surface area contributed by atoms with Crippen molar-refractivity contribution >= 4 is 16.2 Å². The summed E-state index contributed by atoms with van der Waals surface area (Å²) < 4.78 is 31.5. The molecule has 6 nitrogen and oxygen atoms in total. The van der Waals surface area contributed by atoms with Gasteiger partial charge in [0.2, 0.25) is 0 Å². The van der Waals surface area contributed by atoms with Crippen molar-refractivity contribution in [3.63, 3.8) is 0 Å². The van der Waals surface area contributed by atoms with Crippen molar-refractivity contribution in [2.24, 2.45) is 0 Å². The molecule has 7 heteroatoms. The maximum absolute atomic E-state index is 11.5. The molecule has 0 fully saturated rings. The number of nitrogens with one attached hydrogen (secondary N) is 1. The molecule has 108 valence electrons. The molecule has 0 saturated heterocycles. The number of ether oxygens (including phenoxy) is 1. The third-order valence-electron chi connectivity index (χ3n) is 1.84. The molecule has 18 heavy (non-hydrogen) atoms. The Balaban J connectivity index is 4.31. The second-order valence-corrected chi connectivity index (χ2v) is 6.76. The molecule has 0 aliphatic rings. The molecule has 0 spiro atoms. The first-order valence-electron chi connectivity index (χ1n) is 5.87. The smallest absolute Gasteiger partial charge is 0.407 e. The summed E-state index contributed by atoms with van der Waals surface area (Å²) in [6.45, 7) is 7.13. The van der Waals surface area contributed by atoms with E-state index in [1.807, 2.05) is 6.92 Å². The van der Waals surface area contributed by atoms with Crippen molar-refractivity contribution in [1.82, 2.24) is 5.32 Å². The van der Waals surface area contributed by atoms with E-state index in [0.29, 0.717) is 6.42 Å². The van der Waals surface area contributed by atoms with Crippen LogP contribution in [0.3, 0.4) is 0 Å². The van der Waals surface area contributed by atoms with Crippen LogP contribution in [0.5, 0.6) is 0 Å². The molecule has 0 aromatic heterocycles. The van der Waals surface area contributed by atoms with E-state index in [-0.39, 0.29) is 12.6 Å². The van der Waals surface area contributed by atoms with Gasteiger partial charge in [-0.3, -0.25) is 4.18 Å². The van der Waals surface area contributed by atoms with Crippen molar-refractivity contribution < 1.29 is 22.1 Å². The Morgan fingerprint density at radius 2 is 1.89 bits per heavy atom. The first kappa shape index (κ1) is 17.2. The number of carbonyl (C=O) groups excluding carboxylic acids is 1. The lowest BCUT2D eigenvalue weighted by Gasteiger charge is -2.23. The van der Waals surface area contributed by atoms with E-state index in [0.717, 1.165) is 12.7 Å². The summed E-state index contributed by atoms with van der Waals surface area (Å²) in [5.41, 5.74) is -0.585. The second kappa shape index (κ2) is 6.94. The molecule has 0 heterocycles. The van der Waals surface area contributed by atoms with Crippen molar-refractivity contribution in [3.05, 3.63) is 0 Å². The van der Waals surface area contributed by atoms with Crippen molar-refractivity contribution in [2.75, 3.05) is 12.9 Å². The highest BCUT2D eigenvalue weighted by atomic mass is 32.2. The van der Waals surface area contributed by atoms with Gasteiger partial charge in [0.15, 0.2) is 0 Å². The van der Waals surface area contributed by atoms with Crippen LogP contribution in [-0.4, -0.2) is 39.0 Å². The third-order valence-corrected chi connectivity index (χ3v) is 2.41. The molecule has 1 amide bonds. The lowest BCUT2D eigenvalue weighted by Crippen LogP contribution is -2.41. The Morgan fingerprint density at radius 3 is 2.28 bits per heavy atom. The van der Waals surface area contributed by atoms with E-state index in [2.05, 4.69) is 9.50 Å². The van der Waals surface area contributed by atoms with Crippen molar-refractivity contribution in [1.29, 1.82) is 0 Å². The zero-order valence-corrected chi connectivity index (χ0v) is 12.5. The number of alkyl carbamates (subject to hydrolysis) is 1. The molecular formula is C11H23NO5S. The molecule has 0 bridgehead atoms. The van der Waals surface area contributed by atoms with Crippen molar-refractivity contribution in [3.8, 4) is 0 Å². The van der Waals surface area contributed by atoms with Crippen LogP contribution in [0.15, 0.2) is 0 Å². The molecule has 1 N–H and O–H groups in total. The summed E-state index contributed by atoms with van der Waals surface area (Å²) in [5, 5.41) is 2.60. The highest BCUT2D eigenvalue weighted by molar-refractivity contribution is 7.85. The predicted octanol–water partition coefficient (Wildman–Crippen LogP) is 1.66. The molecule has 0 aromatic carbocycles. The summed E-state index contributed by atoms with van der Waals surface area (Å²) in [6.07, 6.45) is 1.82. The zero-order chi connectivity index (χ0) is 14.4. The monoisotopic (exact) mass is 281 g/mol. The van der Waals surface area contributed by atoms with Crippen LogP contribution in [0.1, 0.15) is 40.5 Å². The average Bonchev–Trinajstić information content (AvgIpc) is 2.10. The van der Waals surface area contributed by atoms with Crippen LogP contribution in [0, 0.1) is 0 Å². The lowest BCUT2D eigenvalue weighted by molar-refractivity contribution is 0.0485. The minimum Gasteiger partial charge on any atom is -0.444 e. The standard InChI is InChI=1S/C11H23NO5S/c1-6-7-9(8-16-18(5,14)15)12-10(13)17-11(2,3)4/h9H,6-8H2,1-5H3,(H,12,13)/t9-/m1/s1. The maximum atomic E-state index is 11.5. The fourth-order valence-corrected chi connectivity index (χ4v) is 1.64. The van der Waals surface area contributed by atoms with Crippen molar-refractivity contribution in [2.45, 2.75) is 52.2 Å². The highest BCUT2D eigenvalue weighted by Crippen LogP contribution is 2.08. The molecule has 0 saturated carbocycles. The summed E-state index contributed by atoms with van der Waals surface area (Å²) in [7, 11) is -3.50. The number of hydrogen-bond donors (Lipinski definition) is 1. The fraction of sp³-hybridized carbons (Fsp3) is 0.909. The number of rotatable bonds is 6. The van der Waals surface area contributed by atoms with Crippen LogP contribution < -0.4 is 5.32 Å². The topological polar surface area (TPSA) is 81.7 Å². The quantitative estimate of drug-likeness (QED) is 0.749. The van der Waals surface area contributed by atoms with Gasteiger partial charge in [-0.2, -0.15) is 8.42 Å². The summed E-state index contributed by atoms with van der Waals surface area (Å²) in [4.78, 5) is 11.5. The van der Waals surface area contributed by atoms with Gasteiger partial charge in [0, 0.05) is 0 Å². The minimum atomic E-state index is -3.50. The molecule has 0 unspecified atom stereocenters. The van der Waals surface area contributed by atoms with Gasteiger partial charge < -0.3 is 10.1 Å².